The second kappa shape index (κ2) is 6.27. The number of benzene rings is 1. The summed E-state index contributed by atoms with van der Waals surface area (Å²) in [6, 6.07) is 6.60. The van der Waals surface area contributed by atoms with Gasteiger partial charge >= 0.3 is 5.97 Å². The van der Waals surface area contributed by atoms with Gasteiger partial charge in [-0.15, -0.1) is 0 Å². The van der Waals surface area contributed by atoms with E-state index in [1.165, 1.54) is 12.8 Å². The van der Waals surface area contributed by atoms with Crippen LogP contribution in [0.4, 0.5) is 0 Å². The van der Waals surface area contributed by atoms with Gasteiger partial charge in [0.2, 0.25) is 0 Å². The number of rotatable bonds is 8. The van der Waals surface area contributed by atoms with Crippen molar-refractivity contribution >= 4 is 5.97 Å². The summed E-state index contributed by atoms with van der Waals surface area (Å²) in [5, 5.41) is 12.3. The highest BCUT2D eigenvalue weighted by molar-refractivity contribution is 5.87. The summed E-state index contributed by atoms with van der Waals surface area (Å²) in [4.78, 5) is 10.8. The zero-order chi connectivity index (χ0) is 14.6. The molecule has 0 bridgehead atoms. The quantitative estimate of drug-likeness (QED) is 0.717. The Kier molecular flexibility index (Phi) is 4.65. The molecule has 0 aliphatic heterocycles. The smallest absolute Gasteiger partial charge is 0.335 e. The average molecular weight is 277 g/mol. The molecule has 1 fully saturated rings. The van der Waals surface area contributed by atoms with Gasteiger partial charge in [-0.2, -0.15) is 0 Å². The molecule has 1 aliphatic carbocycles. The fraction of sp³-hybridized carbons (Fsp3) is 0.562. The highest BCUT2D eigenvalue weighted by Crippen LogP contribution is 2.51. The maximum Gasteiger partial charge on any atom is 0.335 e. The van der Waals surface area contributed by atoms with E-state index in [1.807, 2.05) is 0 Å². The highest BCUT2D eigenvalue weighted by Gasteiger charge is 2.44. The molecule has 0 radical (unpaired) electrons. The van der Waals surface area contributed by atoms with Crippen molar-refractivity contribution in [3.8, 4) is 5.75 Å². The van der Waals surface area contributed by atoms with Gasteiger partial charge in [0.15, 0.2) is 0 Å². The van der Waals surface area contributed by atoms with E-state index in [1.54, 1.807) is 24.3 Å². The van der Waals surface area contributed by atoms with Gasteiger partial charge in [0.05, 0.1) is 5.56 Å². The van der Waals surface area contributed by atoms with Crippen LogP contribution >= 0.6 is 0 Å². The lowest BCUT2D eigenvalue weighted by Gasteiger charge is -2.20. The molecule has 0 spiro atoms. The van der Waals surface area contributed by atoms with Crippen LogP contribution in [-0.4, -0.2) is 30.8 Å². The van der Waals surface area contributed by atoms with E-state index < -0.39 is 5.97 Å². The minimum atomic E-state index is -0.929. The molecule has 1 aromatic carbocycles. The predicted octanol–water partition coefficient (Wildman–Crippen LogP) is 2.79. The number of hydrogen-bond acceptors (Lipinski definition) is 3. The van der Waals surface area contributed by atoms with Gasteiger partial charge in [0.25, 0.3) is 0 Å². The number of carboxylic acids is 1. The predicted molar refractivity (Wildman–Crippen MR) is 78.3 cm³/mol. The third kappa shape index (κ3) is 3.73. The molecule has 0 amide bonds. The number of hydrogen-bond donors (Lipinski definition) is 2. The van der Waals surface area contributed by atoms with Gasteiger partial charge in [-0.1, -0.05) is 19.9 Å². The molecule has 0 unspecified atom stereocenters. The lowest BCUT2D eigenvalue weighted by Crippen LogP contribution is -2.30. The second-order valence-electron chi connectivity index (χ2n) is 5.88. The number of carboxylic acid groups (broad SMARTS) is 1. The number of carbonyl (C=O) groups is 1. The van der Waals surface area contributed by atoms with Gasteiger partial charge < -0.3 is 15.2 Å². The SMILES string of the molecule is CC(C)C1(CNCCOc2cccc(C(=O)O)c2)CC1. The van der Waals surface area contributed by atoms with Crippen molar-refractivity contribution < 1.29 is 14.6 Å². The van der Waals surface area contributed by atoms with E-state index in [2.05, 4.69) is 19.2 Å². The van der Waals surface area contributed by atoms with E-state index in [4.69, 9.17) is 9.84 Å². The van der Waals surface area contributed by atoms with Gasteiger partial charge in [-0.05, 0) is 42.4 Å². The average Bonchev–Trinajstić information content (AvgIpc) is 3.20. The van der Waals surface area contributed by atoms with E-state index in [0.717, 1.165) is 19.0 Å². The summed E-state index contributed by atoms with van der Waals surface area (Å²) in [6.45, 7) is 6.94. The molecule has 1 saturated carbocycles. The molecule has 0 heterocycles. The Morgan fingerprint density at radius 3 is 2.80 bits per heavy atom. The van der Waals surface area contributed by atoms with Gasteiger partial charge in [-0.25, -0.2) is 4.79 Å². The molecule has 110 valence electrons. The van der Waals surface area contributed by atoms with Crippen LogP contribution in [0.2, 0.25) is 0 Å². The molecule has 0 atom stereocenters. The van der Waals surface area contributed by atoms with Crippen molar-refractivity contribution in [2.45, 2.75) is 26.7 Å². The van der Waals surface area contributed by atoms with Gasteiger partial charge in [0.1, 0.15) is 12.4 Å². The first kappa shape index (κ1) is 14.9. The molecule has 4 nitrogen and oxygen atoms in total. The fourth-order valence-electron chi connectivity index (χ4n) is 2.42. The Labute approximate surface area is 120 Å². The molecule has 20 heavy (non-hydrogen) atoms. The lowest BCUT2D eigenvalue weighted by molar-refractivity contribution is 0.0696. The third-order valence-electron chi connectivity index (χ3n) is 4.22. The first-order chi connectivity index (χ1) is 9.53. The van der Waals surface area contributed by atoms with E-state index >= 15 is 0 Å². The molecule has 2 N–H and O–H groups in total. The summed E-state index contributed by atoms with van der Waals surface area (Å²) in [5.74, 6) is 0.404. The van der Waals surface area contributed by atoms with E-state index in [-0.39, 0.29) is 5.56 Å². The van der Waals surface area contributed by atoms with Crippen LogP contribution in [-0.2, 0) is 0 Å². The fourth-order valence-corrected chi connectivity index (χ4v) is 2.42. The molecule has 0 aromatic heterocycles. The van der Waals surface area contributed by atoms with Crippen molar-refractivity contribution in [1.82, 2.24) is 5.32 Å². The summed E-state index contributed by atoms with van der Waals surface area (Å²) >= 11 is 0. The first-order valence-electron chi connectivity index (χ1n) is 7.20. The van der Waals surface area contributed by atoms with Crippen LogP contribution in [0.25, 0.3) is 0 Å². The standard InChI is InChI=1S/C16H23NO3/c1-12(2)16(6-7-16)11-17-8-9-20-14-5-3-4-13(10-14)15(18)19/h3-5,10,12,17H,6-9,11H2,1-2H3,(H,18,19). The van der Waals surface area contributed by atoms with Crippen molar-refractivity contribution in [3.63, 3.8) is 0 Å². The van der Waals surface area contributed by atoms with Gasteiger partial charge in [-0.3, -0.25) is 0 Å². The van der Waals surface area contributed by atoms with Crippen LogP contribution < -0.4 is 10.1 Å². The Morgan fingerprint density at radius 1 is 1.45 bits per heavy atom. The largest absolute Gasteiger partial charge is 0.492 e. The van der Waals surface area contributed by atoms with Crippen molar-refractivity contribution in [2.24, 2.45) is 11.3 Å². The molecular formula is C16H23NO3. The number of nitrogens with one attached hydrogen (secondary N) is 1. The minimum Gasteiger partial charge on any atom is -0.492 e. The molecule has 1 aliphatic rings. The molecular weight excluding hydrogens is 254 g/mol. The summed E-state index contributed by atoms with van der Waals surface area (Å²) in [6.07, 6.45) is 2.64. The highest BCUT2D eigenvalue weighted by atomic mass is 16.5. The summed E-state index contributed by atoms with van der Waals surface area (Å²) < 4.78 is 5.57. The van der Waals surface area contributed by atoms with Crippen LogP contribution in [0.5, 0.6) is 5.75 Å². The number of aromatic carboxylic acids is 1. The summed E-state index contributed by atoms with van der Waals surface area (Å²) in [5.41, 5.74) is 0.760. The maximum atomic E-state index is 10.8. The lowest BCUT2D eigenvalue weighted by atomic mass is 9.92. The second-order valence-corrected chi connectivity index (χ2v) is 5.88. The Morgan fingerprint density at radius 2 is 2.20 bits per heavy atom. The Balaban J connectivity index is 1.69. The van der Waals surface area contributed by atoms with E-state index in [0.29, 0.717) is 17.8 Å². The number of ether oxygens (including phenoxy) is 1. The molecule has 1 aromatic rings. The van der Waals surface area contributed by atoms with Crippen LogP contribution in [0, 0.1) is 11.3 Å². The normalized spacial score (nSPS) is 16.1. The Hall–Kier alpha value is -1.55. The van der Waals surface area contributed by atoms with Gasteiger partial charge in [0, 0.05) is 13.1 Å². The van der Waals surface area contributed by atoms with Crippen LogP contribution in [0.3, 0.4) is 0 Å². The topological polar surface area (TPSA) is 58.6 Å². The monoisotopic (exact) mass is 277 g/mol. The summed E-state index contributed by atoms with van der Waals surface area (Å²) in [7, 11) is 0. The van der Waals surface area contributed by atoms with Crippen molar-refractivity contribution in [1.29, 1.82) is 0 Å². The van der Waals surface area contributed by atoms with E-state index in [9.17, 15) is 4.79 Å². The van der Waals surface area contributed by atoms with Crippen LogP contribution in [0.15, 0.2) is 24.3 Å². The Bertz CT molecular complexity index is 467. The zero-order valence-electron chi connectivity index (χ0n) is 12.2. The third-order valence-corrected chi connectivity index (χ3v) is 4.22. The van der Waals surface area contributed by atoms with Crippen molar-refractivity contribution in [3.05, 3.63) is 29.8 Å². The van der Waals surface area contributed by atoms with Crippen molar-refractivity contribution in [2.75, 3.05) is 19.7 Å². The molecule has 0 saturated heterocycles. The zero-order valence-corrected chi connectivity index (χ0v) is 12.2. The maximum absolute atomic E-state index is 10.8. The first-order valence-corrected chi connectivity index (χ1v) is 7.20. The van der Waals surface area contributed by atoms with Crippen LogP contribution in [0.1, 0.15) is 37.0 Å². The minimum absolute atomic E-state index is 0.257. The molecule has 4 heteroatoms. The molecule has 2 rings (SSSR count).